The standard InChI is InChI=1S/C66H45N3Si/c1-5-22-46(23-6-1)47-24-19-25-48(44-47)67-62-39-21-40-63(68-58-36-16-13-32-53(58)54-33-14-17-37-59(54)68)65(62)56-35-20-41-64(66(56)67)69-60-38-18-15-34-55(60)57-45-52(42-43-61(57)69)70(49-26-7-2-8-27-49,50-28-9-3-10-29-50)51-30-11-4-12-31-51/h1-45H. The number of para-hydroxylation sites is 4. The molecule has 0 N–H and O–H groups in total. The van der Waals surface area contributed by atoms with E-state index in [1.807, 2.05) is 0 Å². The second-order valence-electron chi connectivity index (χ2n) is 18.4. The van der Waals surface area contributed by atoms with Crippen molar-refractivity contribution in [1.29, 1.82) is 0 Å². The van der Waals surface area contributed by atoms with Gasteiger partial charge >= 0.3 is 0 Å². The number of benzene rings is 11. The van der Waals surface area contributed by atoms with Crippen LogP contribution in [0.2, 0.25) is 0 Å². The van der Waals surface area contributed by atoms with Crippen molar-refractivity contribution < 1.29 is 0 Å². The first kappa shape index (κ1) is 40.1. The topological polar surface area (TPSA) is 14.8 Å². The van der Waals surface area contributed by atoms with Crippen LogP contribution in [-0.2, 0) is 0 Å². The second-order valence-corrected chi connectivity index (χ2v) is 22.2. The van der Waals surface area contributed by atoms with Crippen LogP contribution in [0, 0.1) is 0 Å². The molecule has 0 amide bonds. The maximum atomic E-state index is 2.53. The van der Waals surface area contributed by atoms with Crippen molar-refractivity contribution in [2.45, 2.75) is 0 Å². The van der Waals surface area contributed by atoms with Gasteiger partial charge < -0.3 is 13.7 Å². The Morgan fingerprint density at radius 3 is 1.27 bits per heavy atom. The van der Waals surface area contributed by atoms with E-state index in [0.29, 0.717) is 0 Å². The van der Waals surface area contributed by atoms with Crippen molar-refractivity contribution in [2.24, 2.45) is 0 Å². The highest BCUT2D eigenvalue weighted by molar-refractivity contribution is 7.20. The Morgan fingerprint density at radius 2 is 0.671 bits per heavy atom. The molecule has 328 valence electrons. The van der Waals surface area contributed by atoms with Gasteiger partial charge in [-0.3, -0.25) is 0 Å². The first-order valence-corrected chi connectivity index (χ1v) is 26.2. The molecule has 0 fully saturated rings. The van der Waals surface area contributed by atoms with Crippen LogP contribution < -0.4 is 20.7 Å². The third kappa shape index (κ3) is 5.94. The summed E-state index contributed by atoms with van der Waals surface area (Å²) < 4.78 is 7.54. The molecule has 14 aromatic rings. The normalized spacial score (nSPS) is 12.0. The van der Waals surface area contributed by atoms with E-state index < -0.39 is 8.07 Å². The summed E-state index contributed by atoms with van der Waals surface area (Å²) in [5.74, 6) is 0. The van der Waals surface area contributed by atoms with Gasteiger partial charge in [0.2, 0.25) is 0 Å². The summed E-state index contributed by atoms with van der Waals surface area (Å²) in [6, 6.07) is 101. The van der Waals surface area contributed by atoms with Gasteiger partial charge in [-0.2, -0.15) is 0 Å². The van der Waals surface area contributed by atoms with E-state index in [1.165, 1.54) is 86.3 Å². The number of rotatable bonds is 8. The van der Waals surface area contributed by atoms with Crippen LogP contribution in [0.4, 0.5) is 0 Å². The van der Waals surface area contributed by atoms with Gasteiger partial charge in [-0.1, -0.05) is 218 Å². The minimum Gasteiger partial charge on any atom is -0.309 e. The SMILES string of the molecule is c1ccc(-c2cccc(-n3c4cccc(-n5c6ccccc6c6ccccc65)c4c4cccc(-n5c6ccccc6c6cc([Si](c7ccccc7)(c7ccccc7)c7ccccc7)ccc65)c43)c2)cc1. The van der Waals surface area contributed by atoms with Crippen LogP contribution in [0.1, 0.15) is 0 Å². The van der Waals surface area contributed by atoms with Gasteiger partial charge in [0.15, 0.2) is 8.07 Å². The van der Waals surface area contributed by atoms with Crippen LogP contribution in [0.25, 0.3) is 93.6 Å². The summed E-state index contributed by atoms with van der Waals surface area (Å²) in [5.41, 5.74) is 12.8. The molecular weight excluding hydrogens is 863 g/mol. The highest BCUT2D eigenvalue weighted by atomic mass is 28.3. The molecule has 0 aliphatic carbocycles. The highest BCUT2D eigenvalue weighted by Gasteiger charge is 2.41. The van der Waals surface area contributed by atoms with Crippen LogP contribution in [-0.4, -0.2) is 21.8 Å². The molecule has 70 heavy (non-hydrogen) atoms. The Hall–Kier alpha value is -8.96. The second kappa shape index (κ2) is 16.1. The van der Waals surface area contributed by atoms with Crippen molar-refractivity contribution in [3.8, 4) is 28.2 Å². The fraction of sp³-hybridized carbons (Fsp3) is 0. The highest BCUT2D eigenvalue weighted by Crippen LogP contribution is 2.43. The summed E-state index contributed by atoms with van der Waals surface area (Å²) >= 11 is 0. The lowest BCUT2D eigenvalue weighted by Crippen LogP contribution is -2.74. The molecule has 11 aromatic carbocycles. The van der Waals surface area contributed by atoms with Gasteiger partial charge in [0, 0.05) is 38.0 Å². The lowest BCUT2D eigenvalue weighted by atomic mass is 10.1. The molecule has 14 rings (SSSR count). The fourth-order valence-corrected chi connectivity index (χ4v) is 16.7. The summed E-state index contributed by atoms with van der Waals surface area (Å²) in [6.45, 7) is 0. The summed E-state index contributed by atoms with van der Waals surface area (Å²) in [5, 5.41) is 12.8. The molecular formula is C66H45N3Si. The van der Waals surface area contributed by atoms with E-state index in [4.69, 9.17) is 0 Å². The summed E-state index contributed by atoms with van der Waals surface area (Å²) in [6.07, 6.45) is 0. The van der Waals surface area contributed by atoms with Gasteiger partial charge in [0.25, 0.3) is 0 Å². The predicted octanol–water partition coefficient (Wildman–Crippen LogP) is 14.0. The van der Waals surface area contributed by atoms with E-state index >= 15 is 0 Å². The molecule has 3 aromatic heterocycles. The third-order valence-electron chi connectivity index (χ3n) is 14.8. The number of aromatic nitrogens is 3. The van der Waals surface area contributed by atoms with Gasteiger partial charge in [0.1, 0.15) is 0 Å². The molecule has 0 aliphatic rings. The number of hydrogen-bond acceptors (Lipinski definition) is 0. The lowest BCUT2D eigenvalue weighted by Gasteiger charge is -2.34. The van der Waals surface area contributed by atoms with E-state index in [9.17, 15) is 0 Å². The van der Waals surface area contributed by atoms with Crippen LogP contribution in [0.15, 0.2) is 273 Å². The molecule has 0 saturated carbocycles. The fourth-order valence-electron chi connectivity index (χ4n) is 11.9. The van der Waals surface area contributed by atoms with E-state index in [-0.39, 0.29) is 0 Å². The van der Waals surface area contributed by atoms with Gasteiger partial charge in [-0.25, -0.2) is 0 Å². The zero-order valence-corrected chi connectivity index (χ0v) is 39.3. The molecule has 3 nitrogen and oxygen atoms in total. The molecule has 0 aliphatic heterocycles. The molecule has 0 spiro atoms. The number of nitrogens with zero attached hydrogens (tertiary/aromatic N) is 3. The average molecular weight is 908 g/mol. The largest absolute Gasteiger partial charge is 0.309 e. The van der Waals surface area contributed by atoms with E-state index in [1.54, 1.807) is 0 Å². The van der Waals surface area contributed by atoms with Crippen LogP contribution in [0.5, 0.6) is 0 Å². The quantitative estimate of drug-likeness (QED) is 0.107. The Labute approximate surface area is 407 Å². The summed E-state index contributed by atoms with van der Waals surface area (Å²) in [7, 11) is -2.81. The molecule has 0 saturated heterocycles. The smallest absolute Gasteiger partial charge is 0.179 e. The lowest BCUT2D eigenvalue weighted by molar-refractivity contribution is 1.13. The molecule has 3 heterocycles. The first-order valence-electron chi connectivity index (χ1n) is 24.2. The molecule has 4 heteroatoms. The minimum atomic E-state index is -2.81. The molecule has 0 unspecified atom stereocenters. The number of hydrogen-bond donors (Lipinski definition) is 0. The number of fused-ring (bicyclic) bond motifs is 9. The first-order chi connectivity index (χ1) is 34.8. The minimum absolute atomic E-state index is 1.11. The van der Waals surface area contributed by atoms with Gasteiger partial charge in [-0.05, 0) is 86.5 Å². The predicted molar refractivity (Wildman–Crippen MR) is 299 cm³/mol. The monoisotopic (exact) mass is 907 g/mol. The zero-order valence-electron chi connectivity index (χ0n) is 38.3. The Kier molecular flexibility index (Phi) is 9.23. The van der Waals surface area contributed by atoms with Gasteiger partial charge in [-0.15, -0.1) is 0 Å². The Morgan fingerprint density at radius 1 is 0.243 bits per heavy atom. The van der Waals surface area contributed by atoms with Crippen molar-refractivity contribution in [3.63, 3.8) is 0 Å². The van der Waals surface area contributed by atoms with Crippen LogP contribution in [0.3, 0.4) is 0 Å². The van der Waals surface area contributed by atoms with Gasteiger partial charge in [0.05, 0.1) is 44.5 Å². The molecule has 0 radical (unpaired) electrons. The van der Waals surface area contributed by atoms with Crippen molar-refractivity contribution in [2.75, 3.05) is 0 Å². The average Bonchev–Trinajstić information content (AvgIpc) is 4.09. The zero-order chi connectivity index (χ0) is 46.2. The molecule has 0 bridgehead atoms. The Balaban J connectivity index is 1.10. The maximum absolute atomic E-state index is 2.81. The van der Waals surface area contributed by atoms with Crippen molar-refractivity contribution in [3.05, 3.63) is 273 Å². The third-order valence-corrected chi connectivity index (χ3v) is 19.5. The Bertz CT molecular complexity index is 4130. The van der Waals surface area contributed by atoms with E-state index in [2.05, 4.69) is 287 Å². The van der Waals surface area contributed by atoms with Crippen LogP contribution >= 0.6 is 0 Å². The molecule has 0 atom stereocenters. The van der Waals surface area contributed by atoms with E-state index in [0.717, 1.165) is 28.1 Å². The van der Waals surface area contributed by atoms with Crippen molar-refractivity contribution in [1.82, 2.24) is 13.7 Å². The van der Waals surface area contributed by atoms with Crippen molar-refractivity contribution >= 4 is 94.2 Å². The maximum Gasteiger partial charge on any atom is 0.179 e. The summed E-state index contributed by atoms with van der Waals surface area (Å²) in [4.78, 5) is 0.